The van der Waals surface area contributed by atoms with Gasteiger partial charge in [-0.3, -0.25) is 9.89 Å². The second kappa shape index (κ2) is 10.3. The van der Waals surface area contributed by atoms with Gasteiger partial charge in [0.25, 0.3) is 0 Å². The number of aliphatic imine (C=N–C) groups is 1. The number of hydrogen-bond donors (Lipinski definition) is 3. The van der Waals surface area contributed by atoms with Crippen molar-refractivity contribution in [3.05, 3.63) is 0 Å². The smallest absolute Gasteiger partial charge is 0.191 e. The van der Waals surface area contributed by atoms with Crippen LogP contribution in [0.3, 0.4) is 0 Å². The van der Waals surface area contributed by atoms with Gasteiger partial charge in [0.15, 0.2) is 5.96 Å². The maximum atomic E-state index is 10.3. The van der Waals surface area contributed by atoms with E-state index in [0.29, 0.717) is 12.5 Å². The number of morpholine rings is 1. The quantitative estimate of drug-likeness (QED) is 0.477. The standard InChI is InChI=1S/C19H38N4O2/c1-4-20-18(22-15-19(3)8-6-5-7-17(19)24)21-13-16(2)14-23-9-11-25-12-10-23/h16-17,24H,4-15H2,1-3H3,(H2,20,21,22). The van der Waals surface area contributed by atoms with Crippen molar-refractivity contribution >= 4 is 5.96 Å². The fourth-order valence-electron chi connectivity index (χ4n) is 3.73. The fraction of sp³-hybridized carbons (Fsp3) is 0.947. The lowest BCUT2D eigenvalue weighted by atomic mass is 9.73. The summed E-state index contributed by atoms with van der Waals surface area (Å²) in [5.74, 6) is 1.42. The van der Waals surface area contributed by atoms with Gasteiger partial charge in [-0.1, -0.05) is 26.7 Å². The third-order valence-corrected chi connectivity index (χ3v) is 5.51. The molecule has 6 nitrogen and oxygen atoms in total. The molecule has 1 heterocycles. The van der Waals surface area contributed by atoms with E-state index in [4.69, 9.17) is 9.73 Å². The van der Waals surface area contributed by atoms with Crippen LogP contribution < -0.4 is 10.6 Å². The Morgan fingerprint density at radius 1 is 1.32 bits per heavy atom. The molecule has 1 aliphatic carbocycles. The number of guanidine groups is 1. The van der Waals surface area contributed by atoms with E-state index in [1.807, 2.05) is 0 Å². The van der Waals surface area contributed by atoms with E-state index in [-0.39, 0.29) is 11.5 Å². The van der Waals surface area contributed by atoms with Crippen molar-refractivity contribution in [3.63, 3.8) is 0 Å². The number of ether oxygens (including phenoxy) is 1. The van der Waals surface area contributed by atoms with Crippen LogP contribution >= 0.6 is 0 Å². The molecule has 3 unspecified atom stereocenters. The summed E-state index contributed by atoms with van der Waals surface area (Å²) >= 11 is 0. The van der Waals surface area contributed by atoms with Crippen molar-refractivity contribution < 1.29 is 9.84 Å². The summed E-state index contributed by atoms with van der Waals surface area (Å²) in [6.45, 7) is 13.8. The van der Waals surface area contributed by atoms with Gasteiger partial charge >= 0.3 is 0 Å². The summed E-state index contributed by atoms with van der Waals surface area (Å²) in [4.78, 5) is 7.25. The highest BCUT2D eigenvalue weighted by molar-refractivity contribution is 5.79. The number of nitrogens with one attached hydrogen (secondary N) is 2. The van der Waals surface area contributed by atoms with E-state index in [9.17, 15) is 5.11 Å². The minimum Gasteiger partial charge on any atom is -0.392 e. The van der Waals surface area contributed by atoms with Crippen molar-refractivity contribution in [2.24, 2.45) is 16.3 Å². The maximum Gasteiger partial charge on any atom is 0.191 e. The molecule has 1 saturated carbocycles. The van der Waals surface area contributed by atoms with E-state index in [1.54, 1.807) is 0 Å². The first-order chi connectivity index (χ1) is 12.0. The van der Waals surface area contributed by atoms with Crippen molar-refractivity contribution in [2.75, 3.05) is 52.5 Å². The molecule has 3 atom stereocenters. The minimum absolute atomic E-state index is 0.0833. The van der Waals surface area contributed by atoms with Crippen molar-refractivity contribution in [1.82, 2.24) is 15.5 Å². The Morgan fingerprint density at radius 2 is 2.08 bits per heavy atom. The number of aliphatic hydroxyl groups is 1. The van der Waals surface area contributed by atoms with Crippen molar-refractivity contribution in [3.8, 4) is 0 Å². The zero-order chi connectivity index (χ0) is 18.1. The van der Waals surface area contributed by atoms with Crippen LogP contribution in [-0.4, -0.2) is 74.6 Å². The Balaban J connectivity index is 1.80. The first-order valence-electron chi connectivity index (χ1n) is 10.0. The summed E-state index contributed by atoms with van der Waals surface area (Å²) < 4.78 is 5.41. The lowest BCUT2D eigenvalue weighted by Gasteiger charge is -2.37. The van der Waals surface area contributed by atoms with Gasteiger partial charge in [-0.2, -0.15) is 0 Å². The molecule has 0 amide bonds. The Kier molecular flexibility index (Phi) is 8.46. The Hall–Kier alpha value is -0.850. The SMILES string of the molecule is CCNC(=NCC1(C)CCCCC1O)NCC(C)CN1CCOCC1. The molecule has 0 radical (unpaired) electrons. The average Bonchev–Trinajstić information content (AvgIpc) is 2.61. The van der Waals surface area contributed by atoms with Crippen LogP contribution in [-0.2, 0) is 4.74 Å². The molecule has 0 spiro atoms. The van der Waals surface area contributed by atoms with Gasteiger partial charge in [-0.25, -0.2) is 0 Å². The molecule has 146 valence electrons. The first-order valence-corrected chi connectivity index (χ1v) is 10.0. The van der Waals surface area contributed by atoms with Crippen LogP contribution in [0.4, 0.5) is 0 Å². The Labute approximate surface area is 153 Å². The zero-order valence-electron chi connectivity index (χ0n) is 16.4. The fourth-order valence-corrected chi connectivity index (χ4v) is 3.73. The molecule has 3 N–H and O–H groups in total. The predicted octanol–water partition coefficient (Wildman–Crippen LogP) is 1.45. The second-order valence-electron chi connectivity index (χ2n) is 8.01. The monoisotopic (exact) mass is 354 g/mol. The molecule has 1 saturated heterocycles. The molecule has 2 fully saturated rings. The third kappa shape index (κ3) is 6.76. The summed E-state index contributed by atoms with van der Waals surface area (Å²) in [5, 5.41) is 17.2. The number of nitrogens with zero attached hydrogens (tertiary/aromatic N) is 2. The highest BCUT2D eigenvalue weighted by atomic mass is 16.5. The van der Waals surface area contributed by atoms with Crippen LogP contribution in [0, 0.1) is 11.3 Å². The van der Waals surface area contributed by atoms with Crippen LogP contribution in [0.25, 0.3) is 0 Å². The molecule has 0 aromatic carbocycles. The molecule has 2 aliphatic rings. The van der Waals surface area contributed by atoms with Crippen LogP contribution in [0.5, 0.6) is 0 Å². The largest absolute Gasteiger partial charge is 0.392 e. The highest BCUT2D eigenvalue weighted by Gasteiger charge is 2.35. The zero-order valence-corrected chi connectivity index (χ0v) is 16.4. The molecule has 0 aromatic heterocycles. The number of hydrogen-bond acceptors (Lipinski definition) is 4. The Bertz CT molecular complexity index is 412. The van der Waals surface area contributed by atoms with Gasteiger partial charge in [-0.05, 0) is 25.7 Å². The highest BCUT2D eigenvalue weighted by Crippen LogP contribution is 2.36. The molecule has 6 heteroatoms. The summed E-state index contributed by atoms with van der Waals surface area (Å²) in [5.41, 5.74) is -0.0833. The summed E-state index contributed by atoms with van der Waals surface area (Å²) in [6, 6.07) is 0. The van der Waals surface area contributed by atoms with Crippen molar-refractivity contribution in [1.29, 1.82) is 0 Å². The predicted molar refractivity (Wildman–Crippen MR) is 103 cm³/mol. The number of rotatable bonds is 7. The molecular formula is C19H38N4O2. The van der Waals surface area contributed by atoms with Gasteiger partial charge in [-0.15, -0.1) is 0 Å². The lowest BCUT2D eigenvalue weighted by Crippen LogP contribution is -2.45. The summed E-state index contributed by atoms with van der Waals surface area (Å²) in [6.07, 6.45) is 4.08. The maximum absolute atomic E-state index is 10.3. The van der Waals surface area contributed by atoms with Crippen molar-refractivity contribution in [2.45, 2.75) is 52.6 Å². The molecule has 0 bridgehead atoms. The summed E-state index contributed by atoms with van der Waals surface area (Å²) in [7, 11) is 0. The number of aliphatic hydroxyl groups excluding tert-OH is 1. The van der Waals surface area contributed by atoms with Gasteiger partial charge in [0.1, 0.15) is 0 Å². The first kappa shape index (κ1) is 20.5. The Morgan fingerprint density at radius 3 is 2.76 bits per heavy atom. The van der Waals surface area contributed by atoms with Crippen LogP contribution in [0.1, 0.15) is 46.5 Å². The van der Waals surface area contributed by atoms with Gasteiger partial charge < -0.3 is 20.5 Å². The van der Waals surface area contributed by atoms with Gasteiger partial charge in [0.05, 0.1) is 25.9 Å². The van der Waals surface area contributed by atoms with E-state index in [1.165, 1.54) is 6.42 Å². The molecule has 2 rings (SSSR count). The third-order valence-electron chi connectivity index (χ3n) is 5.51. The molecule has 1 aliphatic heterocycles. The normalized spacial score (nSPS) is 30.1. The minimum atomic E-state index is -0.229. The van der Waals surface area contributed by atoms with Gasteiger partial charge in [0.2, 0.25) is 0 Å². The lowest BCUT2D eigenvalue weighted by molar-refractivity contribution is 0.00715. The second-order valence-corrected chi connectivity index (χ2v) is 8.01. The molecular weight excluding hydrogens is 316 g/mol. The average molecular weight is 355 g/mol. The van der Waals surface area contributed by atoms with Crippen LogP contribution in [0.15, 0.2) is 4.99 Å². The van der Waals surface area contributed by atoms with E-state index < -0.39 is 0 Å². The molecule has 0 aromatic rings. The molecule has 25 heavy (non-hydrogen) atoms. The topological polar surface area (TPSA) is 69.1 Å². The van der Waals surface area contributed by atoms with E-state index in [0.717, 1.165) is 71.2 Å². The van der Waals surface area contributed by atoms with E-state index in [2.05, 4.69) is 36.3 Å². The van der Waals surface area contributed by atoms with Crippen LogP contribution in [0.2, 0.25) is 0 Å². The van der Waals surface area contributed by atoms with E-state index >= 15 is 0 Å². The van der Waals surface area contributed by atoms with Gasteiger partial charge in [0, 0.05) is 38.1 Å².